The minimum atomic E-state index is 0.112. The first-order valence-corrected chi connectivity index (χ1v) is 10.7. The Morgan fingerprint density at radius 1 is 0.577 bits per heavy atom. The molecule has 0 aliphatic heterocycles. The standard InChI is InChI=1S/C24H36N2/c1-23(2,3)25-15-17-11-7-9-13-19(17)21(25)22-20-14-10-8-12-18(20)16-26(22)24(4,5)6/h15-16H,7-14H2,1-6H3. The van der Waals surface area contributed by atoms with E-state index in [0.717, 1.165) is 0 Å². The van der Waals surface area contributed by atoms with Crippen LogP contribution >= 0.6 is 0 Å². The highest BCUT2D eigenvalue weighted by Crippen LogP contribution is 2.43. The summed E-state index contributed by atoms with van der Waals surface area (Å²) in [4.78, 5) is 0. The predicted molar refractivity (Wildman–Crippen MR) is 111 cm³/mol. The molecular weight excluding hydrogens is 316 g/mol. The molecule has 0 bridgehead atoms. The zero-order valence-electron chi connectivity index (χ0n) is 17.7. The van der Waals surface area contributed by atoms with E-state index in [1.54, 1.807) is 22.3 Å². The van der Waals surface area contributed by atoms with E-state index in [2.05, 4.69) is 63.1 Å². The third kappa shape index (κ3) is 2.86. The van der Waals surface area contributed by atoms with Gasteiger partial charge in [0, 0.05) is 23.5 Å². The normalized spacial score (nSPS) is 17.9. The molecule has 0 atom stereocenters. The van der Waals surface area contributed by atoms with Crippen LogP contribution in [-0.4, -0.2) is 9.13 Å². The van der Waals surface area contributed by atoms with E-state index in [0.29, 0.717) is 0 Å². The van der Waals surface area contributed by atoms with E-state index in [4.69, 9.17) is 0 Å². The van der Waals surface area contributed by atoms with Crippen molar-refractivity contribution in [1.82, 2.24) is 9.13 Å². The van der Waals surface area contributed by atoms with E-state index >= 15 is 0 Å². The molecule has 0 fully saturated rings. The third-order valence-electron chi connectivity index (χ3n) is 6.31. The second-order valence-electron chi connectivity index (χ2n) is 10.5. The summed E-state index contributed by atoms with van der Waals surface area (Å²) in [7, 11) is 0. The molecule has 26 heavy (non-hydrogen) atoms. The second-order valence-corrected chi connectivity index (χ2v) is 10.5. The Bertz CT molecular complexity index is 748. The van der Waals surface area contributed by atoms with Gasteiger partial charge in [-0.15, -0.1) is 0 Å². The maximum absolute atomic E-state index is 2.61. The van der Waals surface area contributed by atoms with Crippen molar-refractivity contribution in [3.8, 4) is 11.4 Å². The van der Waals surface area contributed by atoms with Crippen molar-refractivity contribution in [3.05, 3.63) is 34.6 Å². The number of hydrogen-bond acceptors (Lipinski definition) is 0. The zero-order chi connectivity index (χ0) is 18.7. The molecule has 2 aliphatic rings. The van der Waals surface area contributed by atoms with Crippen molar-refractivity contribution in [1.29, 1.82) is 0 Å². The largest absolute Gasteiger partial charge is 0.340 e. The van der Waals surface area contributed by atoms with Crippen molar-refractivity contribution in [2.75, 3.05) is 0 Å². The van der Waals surface area contributed by atoms with Crippen LogP contribution in [0.3, 0.4) is 0 Å². The highest BCUT2D eigenvalue weighted by molar-refractivity contribution is 5.70. The molecule has 0 amide bonds. The first-order valence-electron chi connectivity index (χ1n) is 10.7. The van der Waals surface area contributed by atoms with Crippen LogP contribution in [0.1, 0.15) is 89.5 Å². The Balaban J connectivity index is 2.04. The molecular formula is C24H36N2. The summed E-state index contributed by atoms with van der Waals surface area (Å²) in [6, 6.07) is 0. The number of fused-ring (bicyclic) bond motifs is 2. The number of rotatable bonds is 1. The van der Waals surface area contributed by atoms with Crippen LogP contribution < -0.4 is 0 Å². The molecule has 0 saturated carbocycles. The molecule has 142 valence electrons. The summed E-state index contributed by atoms with van der Waals surface area (Å²) in [6.07, 6.45) is 15.3. The highest BCUT2D eigenvalue weighted by Gasteiger charge is 2.32. The van der Waals surface area contributed by atoms with Crippen LogP contribution in [0, 0.1) is 0 Å². The number of aryl methyl sites for hydroxylation is 2. The lowest BCUT2D eigenvalue weighted by atomic mass is 9.89. The maximum atomic E-state index is 2.61. The number of hydrogen-bond donors (Lipinski definition) is 0. The topological polar surface area (TPSA) is 9.86 Å². The fourth-order valence-electron chi connectivity index (χ4n) is 4.99. The molecule has 2 heterocycles. The summed E-state index contributed by atoms with van der Waals surface area (Å²) in [5.74, 6) is 0. The lowest BCUT2D eigenvalue weighted by Crippen LogP contribution is -2.26. The van der Waals surface area contributed by atoms with E-state index in [1.165, 1.54) is 62.8 Å². The van der Waals surface area contributed by atoms with Crippen molar-refractivity contribution in [2.24, 2.45) is 0 Å². The molecule has 2 heteroatoms. The molecule has 0 saturated heterocycles. The van der Waals surface area contributed by atoms with Crippen LogP contribution in [0.15, 0.2) is 12.4 Å². The van der Waals surface area contributed by atoms with Crippen LogP contribution in [0.5, 0.6) is 0 Å². The average Bonchev–Trinajstić information content (AvgIpc) is 3.12. The molecule has 0 unspecified atom stereocenters. The van der Waals surface area contributed by atoms with Gasteiger partial charge in [0.25, 0.3) is 0 Å². The summed E-state index contributed by atoms with van der Waals surface area (Å²) >= 11 is 0. The Hall–Kier alpha value is -1.44. The Morgan fingerprint density at radius 2 is 0.923 bits per heavy atom. The molecule has 4 rings (SSSR count). The van der Waals surface area contributed by atoms with E-state index in [-0.39, 0.29) is 11.1 Å². The maximum Gasteiger partial charge on any atom is 0.0691 e. The van der Waals surface area contributed by atoms with Gasteiger partial charge in [-0.05, 0) is 115 Å². The van der Waals surface area contributed by atoms with Crippen molar-refractivity contribution >= 4 is 0 Å². The summed E-state index contributed by atoms with van der Waals surface area (Å²) in [6.45, 7) is 14.2. The minimum absolute atomic E-state index is 0.112. The van der Waals surface area contributed by atoms with Gasteiger partial charge in [-0.1, -0.05) is 0 Å². The van der Waals surface area contributed by atoms with E-state index < -0.39 is 0 Å². The third-order valence-corrected chi connectivity index (χ3v) is 6.31. The van der Waals surface area contributed by atoms with Gasteiger partial charge in [-0.2, -0.15) is 0 Å². The number of nitrogens with zero attached hydrogens (tertiary/aromatic N) is 2. The smallest absolute Gasteiger partial charge is 0.0691 e. The van der Waals surface area contributed by atoms with Gasteiger partial charge in [0.05, 0.1) is 11.4 Å². The van der Waals surface area contributed by atoms with Crippen LogP contribution in [0.25, 0.3) is 11.4 Å². The lowest BCUT2D eigenvalue weighted by molar-refractivity contribution is 0.386. The van der Waals surface area contributed by atoms with E-state index in [1.807, 2.05) is 0 Å². The van der Waals surface area contributed by atoms with Crippen molar-refractivity contribution < 1.29 is 0 Å². The molecule has 0 N–H and O–H groups in total. The van der Waals surface area contributed by atoms with Gasteiger partial charge < -0.3 is 9.13 Å². The Labute approximate surface area is 159 Å². The van der Waals surface area contributed by atoms with Crippen molar-refractivity contribution in [3.63, 3.8) is 0 Å². The predicted octanol–water partition coefficient (Wildman–Crippen LogP) is 6.22. The minimum Gasteiger partial charge on any atom is -0.340 e. The first-order chi connectivity index (χ1) is 12.2. The molecule has 0 aromatic carbocycles. The summed E-state index contributed by atoms with van der Waals surface area (Å²) in [5, 5.41) is 0. The van der Waals surface area contributed by atoms with Crippen LogP contribution in [0.2, 0.25) is 0 Å². The fraction of sp³-hybridized carbons (Fsp3) is 0.667. The van der Waals surface area contributed by atoms with E-state index in [9.17, 15) is 0 Å². The highest BCUT2D eigenvalue weighted by atomic mass is 15.1. The van der Waals surface area contributed by atoms with Gasteiger partial charge in [-0.3, -0.25) is 0 Å². The molecule has 2 nitrogen and oxygen atoms in total. The zero-order valence-corrected chi connectivity index (χ0v) is 17.7. The Morgan fingerprint density at radius 3 is 1.27 bits per heavy atom. The fourth-order valence-corrected chi connectivity index (χ4v) is 4.99. The quantitative estimate of drug-likeness (QED) is 0.576. The second kappa shape index (κ2) is 6.04. The molecule has 0 spiro atoms. The van der Waals surface area contributed by atoms with Crippen LogP contribution in [-0.2, 0) is 36.8 Å². The molecule has 2 aromatic rings. The van der Waals surface area contributed by atoms with Crippen molar-refractivity contribution in [2.45, 2.75) is 104 Å². The summed E-state index contributed by atoms with van der Waals surface area (Å²) < 4.78 is 5.21. The molecule has 0 radical (unpaired) electrons. The van der Waals surface area contributed by atoms with Gasteiger partial charge in [-0.25, -0.2) is 0 Å². The molecule has 2 aliphatic carbocycles. The van der Waals surface area contributed by atoms with Gasteiger partial charge >= 0.3 is 0 Å². The summed E-state index contributed by atoms with van der Waals surface area (Å²) in [5.41, 5.74) is 9.78. The van der Waals surface area contributed by atoms with Gasteiger partial charge in [0.15, 0.2) is 0 Å². The van der Waals surface area contributed by atoms with Crippen LogP contribution in [0.4, 0.5) is 0 Å². The Kier molecular flexibility index (Phi) is 4.17. The lowest BCUT2D eigenvalue weighted by Gasteiger charge is -2.30. The first kappa shape index (κ1) is 17.9. The molecule has 2 aromatic heterocycles. The van der Waals surface area contributed by atoms with Gasteiger partial charge in [0.1, 0.15) is 0 Å². The average molecular weight is 353 g/mol. The van der Waals surface area contributed by atoms with Gasteiger partial charge in [0.2, 0.25) is 0 Å². The monoisotopic (exact) mass is 352 g/mol. The number of aromatic nitrogens is 2. The SMILES string of the molecule is CC(C)(C)n1cc2c(c1-c1c3c(cn1C(C)(C)C)CCCC3)CCCC2.